The summed E-state index contributed by atoms with van der Waals surface area (Å²) in [5.41, 5.74) is 5.08. The summed E-state index contributed by atoms with van der Waals surface area (Å²) in [6.45, 7) is 1.04. The van der Waals surface area contributed by atoms with E-state index in [-0.39, 0.29) is 17.7 Å². The van der Waals surface area contributed by atoms with Crippen LogP contribution in [0.25, 0.3) is 5.52 Å². The number of fused-ring (bicyclic) bond motifs is 2. The number of anilines is 1. The fourth-order valence-electron chi connectivity index (χ4n) is 4.18. The lowest BCUT2D eigenvalue weighted by molar-refractivity contribution is 0.0734. The van der Waals surface area contributed by atoms with Gasteiger partial charge in [-0.05, 0) is 66.1 Å². The third kappa shape index (κ3) is 4.13. The molecule has 0 unspecified atom stereocenters. The molecule has 3 heterocycles. The second kappa shape index (κ2) is 8.82. The van der Waals surface area contributed by atoms with Crippen molar-refractivity contribution in [1.82, 2.24) is 19.8 Å². The molecule has 8 nitrogen and oxygen atoms in total. The lowest BCUT2D eigenvalue weighted by Crippen LogP contribution is -2.36. The van der Waals surface area contributed by atoms with Gasteiger partial charge in [0.25, 0.3) is 17.7 Å². The number of nitrogens with one attached hydrogen (secondary N) is 2. The Morgan fingerprint density at radius 2 is 1.71 bits per heavy atom. The molecule has 2 aromatic heterocycles. The predicted molar refractivity (Wildman–Crippen MR) is 128 cm³/mol. The molecule has 5 rings (SSSR count). The third-order valence-corrected chi connectivity index (χ3v) is 6.02. The summed E-state index contributed by atoms with van der Waals surface area (Å²) in [6.07, 6.45) is 4.16. The molecule has 34 heavy (non-hydrogen) atoms. The molecule has 4 aromatic rings. The van der Waals surface area contributed by atoms with E-state index in [9.17, 15) is 14.4 Å². The second-order valence-corrected chi connectivity index (χ2v) is 8.19. The highest BCUT2D eigenvalue weighted by Crippen LogP contribution is 2.23. The zero-order valence-electron chi connectivity index (χ0n) is 18.6. The lowest BCUT2D eigenvalue weighted by Gasteiger charge is -2.29. The Balaban J connectivity index is 1.33. The maximum Gasteiger partial charge on any atom is 0.255 e. The van der Waals surface area contributed by atoms with Gasteiger partial charge in [-0.2, -0.15) is 5.10 Å². The van der Waals surface area contributed by atoms with Gasteiger partial charge in [-0.3, -0.25) is 14.4 Å². The van der Waals surface area contributed by atoms with Crippen molar-refractivity contribution < 1.29 is 14.4 Å². The monoisotopic (exact) mass is 453 g/mol. The zero-order valence-corrected chi connectivity index (χ0v) is 18.6. The van der Waals surface area contributed by atoms with E-state index in [1.165, 1.54) is 0 Å². The van der Waals surface area contributed by atoms with Crippen molar-refractivity contribution in [2.24, 2.45) is 0 Å². The number of carbonyl (C=O) groups excluding carboxylic acids is 3. The average molecular weight is 454 g/mol. The smallest absolute Gasteiger partial charge is 0.255 e. The molecule has 0 fully saturated rings. The molecule has 1 aliphatic rings. The molecule has 1 aliphatic heterocycles. The van der Waals surface area contributed by atoms with Crippen molar-refractivity contribution >= 4 is 28.9 Å². The van der Waals surface area contributed by atoms with E-state index in [0.717, 1.165) is 23.1 Å². The predicted octanol–water partition coefficient (Wildman–Crippen LogP) is 3.14. The lowest BCUT2D eigenvalue weighted by atomic mass is 9.96. The van der Waals surface area contributed by atoms with Crippen molar-refractivity contribution in [2.45, 2.75) is 13.0 Å². The van der Waals surface area contributed by atoms with Crippen molar-refractivity contribution in [2.75, 3.05) is 18.9 Å². The highest BCUT2D eigenvalue weighted by Gasteiger charge is 2.23. The summed E-state index contributed by atoms with van der Waals surface area (Å²) in [6, 6.07) is 17.9. The molecule has 2 aromatic carbocycles. The van der Waals surface area contributed by atoms with Crippen LogP contribution in [-0.4, -0.2) is 45.8 Å². The van der Waals surface area contributed by atoms with Crippen LogP contribution in [-0.2, 0) is 13.0 Å². The molecule has 170 valence electrons. The number of hydrogen-bond donors (Lipinski definition) is 2. The van der Waals surface area contributed by atoms with E-state index >= 15 is 0 Å². The number of nitrogens with zero attached hydrogens (tertiary/aromatic N) is 3. The SMILES string of the molecule is CNC(=O)c1cccc(NC(=O)c2ccc3c(c2)CN(C(=O)c2ccc4ccnn4c2)CC3)c1. The van der Waals surface area contributed by atoms with Crippen molar-refractivity contribution in [3.8, 4) is 0 Å². The van der Waals surface area contributed by atoms with Gasteiger partial charge in [-0.25, -0.2) is 4.52 Å². The van der Waals surface area contributed by atoms with Crippen LogP contribution >= 0.6 is 0 Å². The van der Waals surface area contributed by atoms with Gasteiger partial charge in [0.05, 0.1) is 11.1 Å². The van der Waals surface area contributed by atoms with Crippen LogP contribution in [0.2, 0.25) is 0 Å². The summed E-state index contributed by atoms with van der Waals surface area (Å²) in [4.78, 5) is 39.7. The van der Waals surface area contributed by atoms with Crippen molar-refractivity contribution in [1.29, 1.82) is 0 Å². The quantitative estimate of drug-likeness (QED) is 0.496. The normalized spacial score (nSPS) is 12.8. The fourth-order valence-corrected chi connectivity index (χ4v) is 4.18. The first-order valence-electron chi connectivity index (χ1n) is 11.0. The van der Waals surface area contributed by atoms with Crippen LogP contribution in [0.15, 0.2) is 73.1 Å². The Labute approximate surface area is 196 Å². The average Bonchev–Trinajstić information content (AvgIpc) is 3.35. The number of aromatic nitrogens is 2. The van der Waals surface area contributed by atoms with Crippen LogP contribution < -0.4 is 10.6 Å². The van der Waals surface area contributed by atoms with Crippen molar-refractivity contribution in [3.63, 3.8) is 0 Å². The summed E-state index contributed by atoms with van der Waals surface area (Å²) >= 11 is 0. The minimum atomic E-state index is -0.274. The van der Waals surface area contributed by atoms with Gasteiger partial charge in [0.2, 0.25) is 0 Å². The largest absolute Gasteiger partial charge is 0.355 e. The maximum atomic E-state index is 13.1. The van der Waals surface area contributed by atoms with Gasteiger partial charge in [-0.15, -0.1) is 0 Å². The van der Waals surface area contributed by atoms with Crippen LogP contribution in [0, 0.1) is 0 Å². The van der Waals surface area contributed by atoms with Crippen LogP contribution in [0.3, 0.4) is 0 Å². The topological polar surface area (TPSA) is 95.8 Å². The number of rotatable bonds is 4. The molecule has 0 saturated heterocycles. The van der Waals surface area contributed by atoms with E-state index in [1.807, 2.05) is 30.3 Å². The van der Waals surface area contributed by atoms with Crippen LogP contribution in [0.1, 0.15) is 42.2 Å². The van der Waals surface area contributed by atoms with Gasteiger partial charge in [0.15, 0.2) is 0 Å². The molecule has 2 N–H and O–H groups in total. The molecule has 0 radical (unpaired) electrons. The zero-order chi connectivity index (χ0) is 23.7. The molecular weight excluding hydrogens is 430 g/mol. The molecule has 0 saturated carbocycles. The van der Waals surface area contributed by atoms with E-state index in [1.54, 1.807) is 59.2 Å². The standard InChI is InChI=1S/C26H23N5O3/c1-27-24(32)18-3-2-4-22(14-18)29-25(33)19-6-5-17-10-12-30(15-21(17)13-19)26(34)20-7-8-23-9-11-28-31(23)16-20/h2-9,11,13-14,16H,10,12,15H2,1H3,(H,27,32)(H,29,33). The van der Waals surface area contributed by atoms with E-state index in [0.29, 0.717) is 35.5 Å². The molecule has 0 spiro atoms. The fraction of sp³-hybridized carbons (Fsp3) is 0.154. The molecule has 0 bridgehead atoms. The third-order valence-electron chi connectivity index (χ3n) is 6.02. The minimum Gasteiger partial charge on any atom is -0.355 e. The first-order chi connectivity index (χ1) is 16.5. The molecule has 0 atom stereocenters. The summed E-state index contributed by atoms with van der Waals surface area (Å²) in [5.74, 6) is -0.560. The Kier molecular flexibility index (Phi) is 5.55. The summed E-state index contributed by atoms with van der Waals surface area (Å²) in [5, 5.41) is 9.63. The molecule has 0 aliphatic carbocycles. The van der Waals surface area contributed by atoms with E-state index < -0.39 is 0 Å². The highest BCUT2D eigenvalue weighted by molar-refractivity contribution is 6.05. The maximum absolute atomic E-state index is 13.1. The Morgan fingerprint density at radius 1 is 0.882 bits per heavy atom. The minimum absolute atomic E-state index is 0.0658. The Hall–Kier alpha value is -4.46. The Bertz CT molecular complexity index is 1420. The number of benzene rings is 2. The van der Waals surface area contributed by atoms with Crippen LogP contribution in [0.4, 0.5) is 5.69 Å². The number of pyridine rings is 1. The first kappa shape index (κ1) is 21.4. The van der Waals surface area contributed by atoms with Crippen LogP contribution in [0.5, 0.6) is 0 Å². The van der Waals surface area contributed by atoms with E-state index in [4.69, 9.17) is 0 Å². The van der Waals surface area contributed by atoms with Gasteiger partial charge in [0.1, 0.15) is 0 Å². The van der Waals surface area contributed by atoms with Gasteiger partial charge in [0, 0.05) is 49.3 Å². The molecule has 8 heteroatoms. The second-order valence-electron chi connectivity index (χ2n) is 8.19. The van der Waals surface area contributed by atoms with Gasteiger partial charge < -0.3 is 15.5 Å². The number of amides is 3. The van der Waals surface area contributed by atoms with Gasteiger partial charge in [-0.1, -0.05) is 12.1 Å². The van der Waals surface area contributed by atoms with E-state index in [2.05, 4.69) is 15.7 Å². The Morgan fingerprint density at radius 3 is 2.56 bits per heavy atom. The molecular formula is C26H23N5O3. The first-order valence-corrected chi connectivity index (χ1v) is 11.0. The number of hydrogen-bond acceptors (Lipinski definition) is 4. The summed E-state index contributed by atoms with van der Waals surface area (Å²) < 4.78 is 1.69. The van der Waals surface area contributed by atoms with Gasteiger partial charge >= 0.3 is 0 Å². The summed E-state index contributed by atoms with van der Waals surface area (Å²) in [7, 11) is 1.56. The number of carbonyl (C=O) groups is 3. The highest BCUT2D eigenvalue weighted by atomic mass is 16.2. The molecule has 3 amide bonds. The van der Waals surface area contributed by atoms with Crippen molar-refractivity contribution in [3.05, 3.63) is 101 Å².